The Balaban J connectivity index is 1.80. The highest BCUT2D eigenvalue weighted by Gasteiger charge is 2.35. The molecule has 0 saturated carbocycles. The van der Waals surface area contributed by atoms with Gasteiger partial charge in [-0.1, -0.05) is 24.3 Å². The van der Waals surface area contributed by atoms with Crippen molar-refractivity contribution in [3.8, 4) is 0 Å². The van der Waals surface area contributed by atoms with Crippen LogP contribution in [0.25, 0.3) is 10.1 Å². The molecule has 13 heteroatoms. The highest BCUT2D eigenvalue weighted by molar-refractivity contribution is 7.93. The second-order valence-corrected chi connectivity index (χ2v) is 12.5. The third-order valence-electron chi connectivity index (χ3n) is 5.07. The Morgan fingerprint density at radius 3 is 2.19 bits per heavy atom. The lowest BCUT2D eigenvalue weighted by molar-refractivity contribution is -0.140. The van der Waals surface area contributed by atoms with Crippen LogP contribution in [0.4, 0.5) is 28.3 Å². The molecular weight excluding hydrogens is 540 g/mol. The SMILES string of the molecule is CS(=O)(=O)Nc1ccc(S(=O)(=O)N(Cc2ccc(F)c(C(F)(F)F)c2)c2cc3ccccc3s2)cc1. The summed E-state index contributed by atoms with van der Waals surface area (Å²) in [7, 11) is -7.92. The first kappa shape index (κ1) is 25.9. The molecule has 0 aliphatic rings. The molecule has 0 saturated heterocycles. The molecule has 0 aliphatic carbocycles. The maximum atomic E-state index is 13.8. The molecule has 36 heavy (non-hydrogen) atoms. The van der Waals surface area contributed by atoms with Crippen LogP contribution in [0.2, 0.25) is 0 Å². The monoisotopic (exact) mass is 558 g/mol. The van der Waals surface area contributed by atoms with Gasteiger partial charge in [0.25, 0.3) is 10.0 Å². The summed E-state index contributed by atoms with van der Waals surface area (Å²) in [6.45, 7) is -0.498. The second kappa shape index (κ2) is 9.37. The predicted molar refractivity (Wildman–Crippen MR) is 132 cm³/mol. The third-order valence-corrected chi connectivity index (χ3v) is 8.70. The largest absolute Gasteiger partial charge is 0.419 e. The van der Waals surface area contributed by atoms with Gasteiger partial charge in [0.15, 0.2) is 0 Å². The summed E-state index contributed by atoms with van der Waals surface area (Å²) in [5.41, 5.74) is -1.43. The quantitative estimate of drug-likeness (QED) is 0.290. The number of hydrogen-bond acceptors (Lipinski definition) is 5. The van der Waals surface area contributed by atoms with E-state index in [0.717, 1.165) is 38.1 Å². The van der Waals surface area contributed by atoms with E-state index in [1.165, 1.54) is 24.3 Å². The van der Waals surface area contributed by atoms with E-state index in [4.69, 9.17) is 0 Å². The maximum Gasteiger partial charge on any atom is 0.419 e. The smallest absolute Gasteiger partial charge is 0.284 e. The van der Waals surface area contributed by atoms with Gasteiger partial charge in [-0.15, -0.1) is 11.3 Å². The van der Waals surface area contributed by atoms with Gasteiger partial charge >= 0.3 is 6.18 Å². The van der Waals surface area contributed by atoms with Crippen LogP contribution in [-0.4, -0.2) is 23.1 Å². The van der Waals surface area contributed by atoms with Gasteiger partial charge in [0.2, 0.25) is 10.0 Å². The summed E-state index contributed by atoms with van der Waals surface area (Å²) in [5, 5.41) is 0.980. The van der Waals surface area contributed by atoms with E-state index in [-0.39, 0.29) is 21.1 Å². The molecular formula is C23H18F4N2O4S3. The fraction of sp³-hybridized carbons (Fsp3) is 0.130. The topological polar surface area (TPSA) is 83.5 Å². The van der Waals surface area contributed by atoms with Crippen molar-refractivity contribution in [1.29, 1.82) is 0 Å². The molecule has 0 fully saturated rings. The van der Waals surface area contributed by atoms with Crippen molar-refractivity contribution in [3.05, 3.63) is 89.7 Å². The van der Waals surface area contributed by atoms with Crippen LogP contribution < -0.4 is 9.03 Å². The van der Waals surface area contributed by atoms with Crippen LogP contribution >= 0.6 is 11.3 Å². The first-order chi connectivity index (χ1) is 16.7. The molecule has 4 aromatic rings. The van der Waals surface area contributed by atoms with Crippen LogP contribution in [0.1, 0.15) is 11.1 Å². The molecule has 3 aromatic carbocycles. The minimum atomic E-state index is -4.95. The normalized spacial score (nSPS) is 12.6. The number of nitrogens with zero attached hydrogens (tertiary/aromatic N) is 1. The maximum absolute atomic E-state index is 13.8. The summed E-state index contributed by atoms with van der Waals surface area (Å²) in [5.74, 6) is -1.46. The van der Waals surface area contributed by atoms with Crippen molar-refractivity contribution in [2.75, 3.05) is 15.3 Å². The average molecular weight is 559 g/mol. The number of sulfonamides is 2. The van der Waals surface area contributed by atoms with Crippen molar-refractivity contribution in [2.24, 2.45) is 0 Å². The molecule has 0 unspecified atom stereocenters. The molecule has 4 rings (SSSR count). The number of rotatable bonds is 7. The van der Waals surface area contributed by atoms with Crippen molar-refractivity contribution in [1.82, 2.24) is 0 Å². The highest BCUT2D eigenvalue weighted by Crippen LogP contribution is 2.38. The number of alkyl halides is 3. The number of nitrogens with one attached hydrogen (secondary N) is 1. The Morgan fingerprint density at radius 1 is 0.917 bits per heavy atom. The third kappa shape index (κ3) is 5.63. The zero-order valence-corrected chi connectivity index (χ0v) is 20.9. The van der Waals surface area contributed by atoms with Crippen LogP contribution in [0.5, 0.6) is 0 Å². The number of thiophene rings is 1. The molecule has 0 atom stereocenters. The van der Waals surface area contributed by atoms with Crippen LogP contribution in [0.15, 0.2) is 77.7 Å². The zero-order chi connectivity index (χ0) is 26.3. The summed E-state index contributed by atoms with van der Waals surface area (Å²) in [6.07, 6.45) is -4.01. The Kier molecular flexibility index (Phi) is 6.75. The van der Waals surface area contributed by atoms with Gasteiger partial charge in [-0.05, 0) is 59.5 Å². The van der Waals surface area contributed by atoms with Crippen molar-refractivity contribution >= 4 is 52.2 Å². The summed E-state index contributed by atoms with van der Waals surface area (Å²) >= 11 is 1.13. The first-order valence-corrected chi connectivity index (χ1v) is 14.3. The van der Waals surface area contributed by atoms with Crippen LogP contribution in [0, 0.1) is 5.82 Å². The number of halogens is 4. The van der Waals surface area contributed by atoms with E-state index >= 15 is 0 Å². The molecule has 0 amide bonds. The lowest BCUT2D eigenvalue weighted by Gasteiger charge is -2.23. The molecule has 0 spiro atoms. The predicted octanol–water partition coefficient (Wildman–Crippen LogP) is 5.83. The fourth-order valence-electron chi connectivity index (χ4n) is 3.46. The highest BCUT2D eigenvalue weighted by atomic mass is 32.2. The lowest BCUT2D eigenvalue weighted by Crippen LogP contribution is -2.30. The molecule has 0 aliphatic heterocycles. The number of hydrogen-bond donors (Lipinski definition) is 1. The standard InChI is InChI=1S/C23H18F4N2O4S3/c1-35(30,31)28-17-7-9-18(10-8-17)36(32,33)29(22-13-16-4-2-3-5-21(16)34-22)14-15-6-11-20(24)19(12-15)23(25,26)27/h2-13,28H,14H2,1H3. The van der Waals surface area contributed by atoms with E-state index in [2.05, 4.69) is 4.72 Å². The molecule has 1 aromatic heterocycles. The average Bonchev–Trinajstić information content (AvgIpc) is 3.20. The van der Waals surface area contributed by atoms with Gasteiger partial charge in [0.05, 0.1) is 23.3 Å². The number of fused-ring (bicyclic) bond motifs is 1. The Bertz CT molecular complexity index is 1600. The minimum Gasteiger partial charge on any atom is -0.284 e. The minimum absolute atomic E-state index is 0.0693. The van der Waals surface area contributed by atoms with Gasteiger partial charge in [-0.2, -0.15) is 13.2 Å². The van der Waals surface area contributed by atoms with Gasteiger partial charge in [0.1, 0.15) is 10.8 Å². The number of anilines is 2. The van der Waals surface area contributed by atoms with Crippen molar-refractivity contribution < 1.29 is 34.4 Å². The van der Waals surface area contributed by atoms with E-state index < -0.39 is 44.1 Å². The zero-order valence-electron chi connectivity index (χ0n) is 18.5. The lowest BCUT2D eigenvalue weighted by atomic mass is 10.1. The molecule has 0 radical (unpaired) electrons. The van der Waals surface area contributed by atoms with Gasteiger partial charge < -0.3 is 0 Å². The Labute approximate surface area is 208 Å². The van der Waals surface area contributed by atoms with Crippen LogP contribution in [-0.2, 0) is 32.8 Å². The van der Waals surface area contributed by atoms with Crippen LogP contribution in [0.3, 0.4) is 0 Å². The van der Waals surface area contributed by atoms with Gasteiger partial charge in [-0.3, -0.25) is 9.03 Å². The first-order valence-electron chi connectivity index (χ1n) is 10.2. The molecule has 1 heterocycles. The van der Waals surface area contributed by atoms with E-state index in [9.17, 15) is 34.4 Å². The summed E-state index contributed by atoms with van der Waals surface area (Å²) < 4.78 is 108. The van der Waals surface area contributed by atoms with E-state index in [1.54, 1.807) is 30.3 Å². The number of benzene rings is 3. The molecule has 6 nitrogen and oxygen atoms in total. The Hall–Kier alpha value is -3.16. The summed E-state index contributed by atoms with van der Waals surface area (Å²) in [4.78, 5) is -0.211. The van der Waals surface area contributed by atoms with E-state index in [1.807, 2.05) is 0 Å². The Morgan fingerprint density at radius 2 is 1.58 bits per heavy atom. The van der Waals surface area contributed by atoms with E-state index in [0.29, 0.717) is 12.1 Å². The fourth-order valence-corrected chi connectivity index (χ4v) is 6.74. The van der Waals surface area contributed by atoms with Gasteiger partial charge in [0, 0.05) is 10.4 Å². The summed E-state index contributed by atoms with van der Waals surface area (Å²) in [6, 6.07) is 15.9. The molecule has 0 bridgehead atoms. The van der Waals surface area contributed by atoms with Crippen molar-refractivity contribution in [3.63, 3.8) is 0 Å². The molecule has 190 valence electrons. The van der Waals surface area contributed by atoms with Gasteiger partial charge in [-0.25, -0.2) is 21.2 Å². The second-order valence-electron chi connectivity index (χ2n) is 7.84. The van der Waals surface area contributed by atoms with Crippen molar-refractivity contribution in [2.45, 2.75) is 17.6 Å². The molecule has 1 N–H and O–H groups in total.